The van der Waals surface area contributed by atoms with Gasteiger partial charge >= 0.3 is 0 Å². The molecule has 3 heterocycles. The first kappa shape index (κ1) is 21.1. The molecule has 0 saturated carbocycles. The van der Waals surface area contributed by atoms with Gasteiger partial charge in [-0.2, -0.15) is 0 Å². The van der Waals surface area contributed by atoms with Crippen molar-refractivity contribution in [1.82, 2.24) is 20.3 Å². The predicted octanol–water partition coefficient (Wildman–Crippen LogP) is 7.83. The number of fused-ring (bicyclic) bond motifs is 2. The molecule has 0 spiro atoms. The highest BCUT2D eigenvalue weighted by molar-refractivity contribution is 5.84. The lowest BCUT2D eigenvalue weighted by Gasteiger charge is -2.06. The fraction of sp³-hybridized carbons (Fsp3) is 0. The van der Waals surface area contributed by atoms with Crippen molar-refractivity contribution in [3.63, 3.8) is 0 Å². The molecule has 5 heteroatoms. The summed E-state index contributed by atoms with van der Waals surface area (Å²) in [7, 11) is 0. The summed E-state index contributed by atoms with van der Waals surface area (Å²) in [5.74, 6) is 0. The van der Waals surface area contributed by atoms with Gasteiger partial charge in [-0.1, -0.05) is 97.1 Å². The van der Waals surface area contributed by atoms with Crippen molar-refractivity contribution in [3.05, 3.63) is 121 Å². The molecule has 0 aliphatic rings. The van der Waals surface area contributed by atoms with Crippen LogP contribution < -0.4 is 0 Å². The lowest BCUT2D eigenvalue weighted by atomic mass is 10.0. The van der Waals surface area contributed by atoms with Crippen LogP contribution in [0.1, 0.15) is 0 Å². The Balaban J connectivity index is 1.17. The Morgan fingerprint density at radius 3 is 1.24 bits per heavy atom. The second-order valence-electron chi connectivity index (χ2n) is 8.89. The molecule has 0 saturated heterocycles. The number of nitrogens with zero attached hydrogens (tertiary/aromatic N) is 4. The number of para-hydroxylation sites is 2. The van der Waals surface area contributed by atoms with Gasteiger partial charge in [0.2, 0.25) is 0 Å². The minimum Gasteiger partial charge on any atom is -0.248 e. The topological polar surface area (TPSA) is 64.7 Å². The average Bonchev–Trinajstić information content (AvgIpc) is 3.47. The lowest BCUT2D eigenvalue weighted by Crippen LogP contribution is -1.88. The summed E-state index contributed by atoms with van der Waals surface area (Å²) in [5, 5.41) is 10.7. The van der Waals surface area contributed by atoms with Crippen LogP contribution in [0.25, 0.3) is 66.8 Å². The molecule has 0 fully saturated rings. The second-order valence-corrected chi connectivity index (χ2v) is 8.89. The molecule has 0 atom stereocenters. The van der Waals surface area contributed by atoms with Gasteiger partial charge in [-0.05, 0) is 34.6 Å². The zero-order valence-corrected chi connectivity index (χ0v) is 19.7. The molecule has 174 valence electrons. The summed E-state index contributed by atoms with van der Waals surface area (Å²) in [6.45, 7) is 0. The van der Waals surface area contributed by atoms with Crippen LogP contribution in [0.2, 0.25) is 0 Å². The van der Waals surface area contributed by atoms with Crippen molar-refractivity contribution < 1.29 is 4.63 Å². The first-order valence-electron chi connectivity index (χ1n) is 12.1. The van der Waals surface area contributed by atoms with E-state index in [1.54, 1.807) is 0 Å². The highest BCUT2D eigenvalue weighted by Crippen LogP contribution is 2.32. The number of hydrogen-bond acceptors (Lipinski definition) is 5. The molecule has 0 bridgehead atoms. The number of rotatable bonds is 4. The third-order valence-corrected chi connectivity index (χ3v) is 6.59. The van der Waals surface area contributed by atoms with Crippen LogP contribution in [-0.4, -0.2) is 20.3 Å². The Labute approximate surface area is 213 Å². The van der Waals surface area contributed by atoms with Crippen molar-refractivity contribution in [3.8, 4) is 45.0 Å². The van der Waals surface area contributed by atoms with Crippen LogP contribution >= 0.6 is 0 Å². The Morgan fingerprint density at radius 2 is 0.784 bits per heavy atom. The van der Waals surface area contributed by atoms with Crippen molar-refractivity contribution in [2.45, 2.75) is 0 Å². The molecule has 3 aromatic heterocycles. The highest BCUT2D eigenvalue weighted by atomic mass is 16.6. The average molecular weight is 477 g/mol. The molecule has 37 heavy (non-hydrogen) atoms. The first-order valence-corrected chi connectivity index (χ1v) is 12.1. The van der Waals surface area contributed by atoms with Crippen LogP contribution in [0.15, 0.2) is 126 Å². The SMILES string of the molecule is c1ccc2nc(-c3ccc(-c4nonc4-c4ccc(-c5ccc6ccccc6n5)cc4)cc3)ccc2c1. The maximum atomic E-state index is 5.16. The predicted molar refractivity (Wildman–Crippen MR) is 147 cm³/mol. The van der Waals surface area contributed by atoms with Crippen molar-refractivity contribution in [2.75, 3.05) is 0 Å². The molecule has 7 rings (SSSR count). The number of pyridine rings is 2. The molecule has 0 N–H and O–H groups in total. The fourth-order valence-corrected chi connectivity index (χ4v) is 4.62. The Morgan fingerprint density at radius 1 is 0.378 bits per heavy atom. The van der Waals surface area contributed by atoms with Crippen LogP contribution in [0.5, 0.6) is 0 Å². The quantitative estimate of drug-likeness (QED) is 0.259. The second kappa shape index (κ2) is 8.81. The normalized spacial score (nSPS) is 11.2. The Bertz CT molecular complexity index is 1740. The zero-order valence-electron chi connectivity index (χ0n) is 19.7. The summed E-state index contributed by atoms with van der Waals surface area (Å²) in [6.07, 6.45) is 0. The fourth-order valence-electron chi connectivity index (χ4n) is 4.62. The first-order chi connectivity index (χ1) is 18.3. The van der Waals surface area contributed by atoms with E-state index in [1.165, 1.54) is 0 Å². The number of hydrogen-bond donors (Lipinski definition) is 0. The van der Waals surface area contributed by atoms with Gasteiger partial charge in [0.25, 0.3) is 0 Å². The number of aromatic nitrogens is 4. The molecule has 0 unspecified atom stereocenters. The monoisotopic (exact) mass is 476 g/mol. The maximum Gasteiger partial charge on any atom is 0.143 e. The molecule has 7 aromatic rings. The van der Waals surface area contributed by atoms with Gasteiger partial charge in [-0.3, -0.25) is 0 Å². The summed E-state index contributed by atoms with van der Waals surface area (Å²) >= 11 is 0. The summed E-state index contributed by atoms with van der Waals surface area (Å²) in [6, 6.07) is 40.9. The van der Waals surface area contributed by atoms with Crippen LogP contribution in [-0.2, 0) is 0 Å². The number of benzene rings is 4. The molecular formula is C32H20N4O. The summed E-state index contributed by atoms with van der Waals surface area (Å²) in [5.41, 5.74) is 9.18. The van der Waals surface area contributed by atoms with Gasteiger partial charge in [-0.25, -0.2) is 14.6 Å². The Kier molecular flexibility index (Phi) is 5.03. The van der Waals surface area contributed by atoms with E-state index in [0.29, 0.717) is 11.4 Å². The standard InChI is InChI=1S/C32H20N4O/c1-3-7-27-21(5-1)17-19-29(33-27)23-9-13-25(14-10-23)31-32(36-37-35-31)26-15-11-24(12-16-26)30-20-18-22-6-2-4-8-28(22)34-30/h1-20H. The van der Waals surface area contributed by atoms with E-state index in [1.807, 2.05) is 72.8 Å². The summed E-state index contributed by atoms with van der Waals surface area (Å²) < 4.78 is 5.16. The van der Waals surface area contributed by atoms with E-state index in [2.05, 4.69) is 58.8 Å². The molecule has 0 aliphatic carbocycles. The van der Waals surface area contributed by atoms with Crippen molar-refractivity contribution >= 4 is 21.8 Å². The van der Waals surface area contributed by atoms with Crippen molar-refractivity contribution in [2.24, 2.45) is 0 Å². The molecule has 4 aromatic carbocycles. The van der Waals surface area contributed by atoms with E-state index in [4.69, 9.17) is 14.6 Å². The van der Waals surface area contributed by atoms with E-state index >= 15 is 0 Å². The van der Waals surface area contributed by atoms with Crippen LogP contribution in [0.4, 0.5) is 0 Å². The van der Waals surface area contributed by atoms with Gasteiger partial charge in [-0.15, -0.1) is 0 Å². The van der Waals surface area contributed by atoms with Crippen LogP contribution in [0.3, 0.4) is 0 Å². The highest BCUT2D eigenvalue weighted by Gasteiger charge is 2.15. The van der Waals surface area contributed by atoms with Crippen LogP contribution in [0, 0.1) is 0 Å². The van der Waals surface area contributed by atoms with Crippen molar-refractivity contribution in [1.29, 1.82) is 0 Å². The summed E-state index contributed by atoms with van der Waals surface area (Å²) in [4.78, 5) is 9.60. The maximum absolute atomic E-state index is 5.16. The van der Waals surface area contributed by atoms with E-state index in [-0.39, 0.29) is 0 Å². The van der Waals surface area contributed by atoms with E-state index in [0.717, 1.165) is 55.4 Å². The molecule has 0 aliphatic heterocycles. The van der Waals surface area contributed by atoms with Gasteiger partial charge in [0.15, 0.2) is 0 Å². The van der Waals surface area contributed by atoms with Gasteiger partial charge in [0.05, 0.1) is 22.4 Å². The Hall–Kier alpha value is -5.16. The molecule has 0 radical (unpaired) electrons. The minimum atomic E-state index is 0.703. The lowest BCUT2D eigenvalue weighted by molar-refractivity contribution is 0.310. The third kappa shape index (κ3) is 3.93. The largest absolute Gasteiger partial charge is 0.248 e. The van der Waals surface area contributed by atoms with Gasteiger partial charge in [0, 0.05) is 33.0 Å². The molecular weight excluding hydrogens is 456 g/mol. The minimum absolute atomic E-state index is 0.703. The molecule has 5 nitrogen and oxygen atoms in total. The van der Waals surface area contributed by atoms with E-state index < -0.39 is 0 Å². The van der Waals surface area contributed by atoms with Gasteiger partial charge < -0.3 is 0 Å². The van der Waals surface area contributed by atoms with E-state index in [9.17, 15) is 0 Å². The molecule has 0 amide bonds. The third-order valence-electron chi connectivity index (χ3n) is 6.59. The zero-order chi connectivity index (χ0) is 24.6. The van der Waals surface area contributed by atoms with Gasteiger partial charge in [0.1, 0.15) is 11.4 Å². The smallest absolute Gasteiger partial charge is 0.143 e.